The molecule has 0 fully saturated rings. The Bertz CT molecular complexity index is 1260. The van der Waals surface area contributed by atoms with Gasteiger partial charge in [0.25, 0.3) is 0 Å². The first-order valence-corrected chi connectivity index (χ1v) is 9.83. The second-order valence-corrected chi connectivity index (χ2v) is 7.02. The van der Waals surface area contributed by atoms with Gasteiger partial charge in [-0.2, -0.15) is 5.26 Å². The van der Waals surface area contributed by atoms with Gasteiger partial charge in [0.05, 0.1) is 34.8 Å². The summed E-state index contributed by atoms with van der Waals surface area (Å²) in [6, 6.07) is 23.5. The second-order valence-electron chi connectivity index (χ2n) is 7.02. The summed E-state index contributed by atoms with van der Waals surface area (Å²) in [6.45, 7) is 4.73. The third-order valence-corrected chi connectivity index (χ3v) is 5.10. The van der Waals surface area contributed by atoms with Crippen LogP contribution in [0.3, 0.4) is 0 Å². The molecule has 0 radical (unpaired) electrons. The Morgan fingerprint density at radius 1 is 1.10 bits per heavy atom. The van der Waals surface area contributed by atoms with Gasteiger partial charge in [0.2, 0.25) is 0 Å². The molecule has 0 unspecified atom stereocenters. The van der Waals surface area contributed by atoms with E-state index in [1.54, 1.807) is 13.0 Å². The first kappa shape index (κ1) is 19.4. The Labute approximate surface area is 175 Å². The van der Waals surface area contributed by atoms with Crippen molar-refractivity contribution in [2.75, 3.05) is 6.61 Å². The molecule has 0 saturated carbocycles. The zero-order valence-corrected chi connectivity index (χ0v) is 16.9. The maximum Gasteiger partial charge on any atom is 0.338 e. The van der Waals surface area contributed by atoms with Crippen molar-refractivity contribution in [2.45, 2.75) is 20.4 Å². The van der Waals surface area contributed by atoms with Crippen LogP contribution in [-0.2, 0) is 11.3 Å². The standard InChI is InChI=1S/C25H21N3O2/c1-3-30-25(29)20-12-13-23-24(14-20)28(17(2)27-23)16-18-8-10-19(11-9-18)22-7-5-4-6-21(22)15-26/h4-14H,3,16H2,1-2H3. The van der Waals surface area contributed by atoms with Crippen LogP contribution in [-0.4, -0.2) is 22.1 Å². The van der Waals surface area contributed by atoms with E-state index in [-0.39, 0.29) is 5.97 Å². The molecule has 0 spiro atoms. The van der Waals surface area contributed by atoms with Gasteiger partial charge in [-0.1, -0.05) is 42.5 Å². The van der Waals surface area contributed by atoms with Gasteiger partial charge in [0, 0.05) is 6.54 Å². The number of nitriles is 1. The molecular weight excluding hydrogens is 374 g/mol. The van der Waals surface area contributed by atoms with Crippen LogP contribution in [0.2, 0.25) is 0 Å². The van der Waals surface area contributed by atoms with Crippen LogP contribution >= 0.6 is 0 Å². The number of imidazole rings is 1. The highest BCUT2D eigenvalue weighted by molar-refractivity contribution is 5.93. The zero-order valence-electron chi connectivity index (χ0n) is 16.9. The number of fused-ring (bicyclic) bond motifs is 1. The Kier molecular flexibility index (Phi) is 5.32. The number of benzene rings is 3. The molecule has 3 aromatic carbocycles. The third kappa shape index (κ3) is 3.68. The predicted molar refractivity (Wildman–Crippen MR) is 116 cm³/mol. The van der Waals surface area contributed by atoms with Gasteiger partial charge in [-0.25, -0.2) is 9.78 Å². The molecule has 4 rings (SSSR count). The smallest absolute Gasteiger partial charge is 0.338 e. The summed E-state index contributed by atoms with van der Waals surface area (Å²) in [6.07, 6.45) is 0. The quantitative estimate of drug-likeness (QED) is 0.441. The second kappa shape index (κ2) is 8.22. The first-order valence-electron chi connectivity index (χ1n) is 9.83. The van der Waals surface area contributed by atoms with Gasteiger partial charge in [0.15, 0.2) is 0 Å². The molecule has 0 bridgehead atoms. The Balaban J connectivity index is 1.65. The van der Waals surface area contributed by atoms with E-state index in [0.29, 0.717) is 24.3 Å². The van der Waals surface area contributed by atoms with E-state index in [1.807, 2.05) is 55.5 Å². The Morgan fingerprint density at radius 2 is 1.87 bits per heavy atom. The van der Waals surface area contributed by atoms with Crippen molar-refractivity contribution in [1.82, 2.24) is 9.55 Å². The van der Waals surface area contributed by atoms with Crippen molar-refractivity contribution in [2.24, 2.45) is 0 Å². The summed E-state index contributed by atoms with van der Waals surface area (Å²) < 4.78 is 7.22. The number of hydrogen-bond donors (Lipinski definition) is 0. The monoisotopic (exact) mass is 395 g/mol. The first-order chi connectivity index (χ1) is 14.6. The minimum absolute atomic E-state index is 0.328. The molecule has 0 saturated heterocycles. The minimum atomic E-state index is -0.328. The number of esters is 1. The lowest BCUT2D eigenvalue weighted by atomic mass is 9.99. The van der Waals surface area contributed by atoms with E-state index in [4.69, 9.17) is 4.74 Å². The van der Waals surface area contributed by atoms with Gasteiger partial charge in [-0.3, -0.25) is 0 Å². The SMILES string of the molecule is CCOC(=O)c1ccc2nc(C)n(Cc3ccc(-c4ccccc4C#N)cc3)c2c1. The molecule has 0 N–H and O–H groups in total. The highest BCUT2D eigenvalue weighted by atomic mass is 16.5. The molecule has 0 aliphatic carbocycles. The fourth-order valence-electron chi connectivity index (χ4n) is 3.59. The van der Waals surface area contributed by atoms with Crippen molar-refractivity contribution < 1.29 is 9.53 Å². The molecule has 4 aromatic rings. The van der Waals surface area contributed by atoms with Crippen LogP contribution < -0.4 is 0 Å². The van der Waals surface area contributed by atoms with Crippen molar-refractivity contribution in [1.29, 1.82) is 5.26 Å². The maximum atomic E-state index is 12.1. The van der Waals surface area contributed by atoms with Crippen LogP contribution in [0.4, 0.5) is 0 Å². The lowest BCUT2D eigenvalue weighted by Gasteiger charge is -2.10. The molecule has 1 heterocycles. The summed E-state index contributed by atoms with van der Waals surface area (Å²) >= 11 is 0. The number of hydrogen-bond acceptors (Lipinski definition) is 4. The predicted octanol–water partition coefficient (Wildman–Crippen LogP) is 5.11. The van der Waals surface area contributed by atoms with E-state index >= 15 is 0 Å². The topological polar surface area (TPSA) is 67.9 Å². The number of carbonyl (C=O) groups excluding carboxylic acids is 1. The number of aryl methyl sites for hydroxylation is 1. The summed E-state index contributed by atoms with van der Waals surface area (Å²) in [7, 11) is 0. The fourth-order valence-corrected chi connectivity index (χ4v) is 3.59. The van der Waals surface area contributed by atoms with Crippen LogP contribution in [0.15, 0.2) is 66.7 Å². The average molecular weight is 395 g/mol. The van der Waals surface area contributed by atoms with E-state index in [2.05, 4.69) is 27.8 Å². The van der Waals surface area contributed by atoms with E-state index < -0.39 is 0 Å². The van der Waals surface area contributed by atoms with Crippen LogP contribution in [0.1, 0.15) is 34.2 Å². The Morgan fingerprint density at radius 3 is 2.60 bits per heavy atom. The fraction of sp³-hybridized carbons (Fsp3) is 0.160. The molecule has 0 aliphatic rings. The number of ether oxygens (including phenoxy) is 1. The van der Waals surface area contributed by atoms with E-state index in [0.717, 1.165) is 33.5 Å². The molecule has 0 aliphatic heterocycles. The molecule has 5 nitrogen and oxygen atoms in total. The van der Waals surface area contributed by atoms with Crippen molar-refractivity contribution in [3.05, 3.63) is 89.2 Å². The highest BCUT2D eigenvalue weighted by Crippen LogP contribution is 2.25. The highest BCUT2D eigenvalue weighted by Gasteiger charge is 2.13. The Hall–Kier alpha value is -3.91. The molecule has 0 amide bonds. The van der Waals surface area contributed by atoms with Gasteiger partial charge in [0.1, 0.15) is 5.82 Å². The summed E-state index contributed by atoms with van der Waals surface area (Å²) in [5.41, 5.74) is 5.97. The number of nitrogens with zero attached hydrogens (tertiary/aromatic N) is 3. The summed E-state index contributed by atoms with van der Waals surface area (Å²) in [5, 5.41) is 9.34. The van der Waals surface area contributed by atoms with Gasteiger partial charge >= 0.3 is 5.97 Å². The van der Waals surface area contributed by atoms with Crippen LogP contribution in [0.25, 0.3) is 22.2 Å². The molecule has 0 atom stereocenters. The van der Waals surface area contributed by atoms with Crippen LogP contribution in [0.5, 0.6) is 0 Å². The van der Waals surface area contributed by atoms with Gasteiger partial charge < -0.3 is 9.30 Å². The molecule has 1 aromatic heterocycles. The van der Waals surface area contributed by atoms with Crippen molar-refractivity contribution >= 4 is 17.0 Å². The largest absolute Gasteiger partial charge is 0.462 e. The lowest BCUT2D eigenvalue weighted by molar-refractivity contribution is 0.0526. The summed E-state index contributed by atoms with van der Waals surface area (Å²) in [5.74, 6) is 0.551. The molecule has 5 heteroatoms. The number of aromatic nitrogens is 2. The van der Waals surface area contributed by atoms with Crippen molar-refractivity contribution in [3.63, 3.8) is 0 Å². The van der Waals surface area contributed by atoms with Gasteiger partial charge in [-0.15, -0.1) is 0 Å². The van der Waals surface area contributed by atoms with E-state index in [9.17, 15) is 10.1 Å². The zero-order chi connectivity index (χ0) is 21.1. The molecule has 30 heavy (non-hydrogen) atoms. The van der Waals surface area contributed by atoms with Crippen molar-refractivity contribution in [3.8, 4) is 17.2 Å². The number of carbonyl (C=O) groups is 1. The van der Waals surface area contributed by atoms with Gasteiger partial charge in [-0.05, 0) is 54.8 Å². The normalized spacial score (nSPS) is 10.7. The minimum Gasteiger partial charge on any atom is -0.462 e. The lowest BCUT2D eigenvalue weighted by Crippen LogP contribution is -2.06. The van der Waals surface area contributed by atoms with E-state index in [1.165, 1.54) is 0 Å². The molecular formula is C25H21N3O2. The van der Waals surface area contributed by atoms with Crippen LogP contribution in [0, 0.1) is 18.3 Å². The summed E-state index contributed by atoms with van der Waals surface area (Å²) in [4.78, 5) is 16.7. The maximum absolute atomic E-state index is 12.1. The number of rotatable bonds is 5. The average Bonchev–Trinajstić information content (AvgIpc) is 3.08. The molecule has 148 valence electrons. The third-order valence-electron chi connectivity index (χ3n) is 5.10.